The summed E-state index contributed by atoms with van der Waals surface area (Å²) in [6.45, 7) is 0.832. The van der Waals surface area contributed by atoms with Gasteiger partial charge in [0.1, 0.15) is 0 Å². The maximum absolute atomic E-state index is 12.4. The summed E-state index contributed by atoms with van der Waals surface area (Å²) in [5.41, 5.74) is 0. The standard InChI is InChI=1S/C13H25NO4S/c1-18-9-10-19(16,17)14-8-3-2-6-12(14)11-5-4-7-13(11)15/h11-13,15H,2-10H2,1H3. The van der Waals surface area contributed by atoms with Gasteiger partial charge in [-0.2, -0.15) is 4.31 Å². The summed E-state index contributed by atoms with van der Waals surface area (Å²) >= 11 is 0. The quantitative estimate of drug-likeness (QED) is 0.820. The number of sulfonamides is 1. The van der Waals surface area contributed by atoms with E-state index in [-0.39, 0.29) is 30.4 Å². The smallest absolute Gasteiger partial charge is 0.216 e. The summed E-state index contributed by atoms with van der Waals surface area (Å²) in [6.07, 6.45) is 5.30. The molecule has 0 aromatic heterocycles. The van der Waals surface area contributed by atoms with Crippen molar-refractivity contribution in [2.75, 3.05) is 26.0 Å². The van der Waals surface area contributed by atoms with Gasteiger partial charge >= 0.3 is 0 Å². The lowest BCUT2D eigenvalue weighted by atomic mass is 9.89. The van der Waals surface area contributed by atoms with Crippen LogP contribution in [-0.2, 0) is 14.8 Å². The predicted octanol–water partition coefficient (Wildman–Crippen LogP) is 0.978. The lowest BCUT2D eigenvalue weighted by molar-refractivity contribution is 0.0720. The molecular formula is C13H25NO4S. The van der Waals surface area contributed by atoms with E-state index in [1.165, 1.54) is 7.11 Å². The maximum Gasteiger partial charge on any atom is 0.216 e. The molecule has 3 unspecified atom stereocenters. The summed E-state index contributed by atoms with van der Waals surface area (Å²) < 4.78 is 31.3. The summed E-state index contributed by atoms with van der Waals surface area (Å²) in [5.74, 6) is 0.167. The Morgan fingerprint density at radius 2 is 2.00 bits per heavy atom. The SMILES string of the molecule is COCCS(=O)(=O)N1CCCCC1C1CCCC1O. The van der Waals surface area contributed by atoms with Crippen LogP contribution in [0.15, 0.2) is 0 Å². The third-order valence-electron chi connectivity index (χ3n) is 4.43. The zero-order valence-electron chi connectivity index (χ0n) is 11.6. The first-order valence-corrected chi connectivity index (χ1v) is 8.83. The highest BCUT2D eigenvalue weighted by Crippen LogP contribution is 2.36. The minimum absolute atomic E-state index is 0.00638. The normalized spacial score (nSPS) is 33.7. The van der Waals surface area contributed by atoms with Crippen LogP contribution < -0.4 is 0 Å². The lowest BCUT2D eigenvalue weighted by Gasteiger charge is -2.39. The van der Waals surface area contributed by atoms with Gasteiger partial charge in [0.15, 0.2) is 0 Å². The van der Waals surface area contributed by atoms with Crippen molar-refractivity contribution >= 4 is 10.0 Å². The molecule has 3 atom stereocenters. The second-order valence-corrected chi connectivity index (χ2v) is 7.69. The van der Waals surface area contributed by atoms with E-state index in [9.17, 15) is 13.5 Å². The van der Waals surface area contributed by atoms with Crippen molar-refractivity contribution in [2.24, 2.45) is 5.92 Å². The first-order chi connectivity index (χ1) is 9.06. The van der Waals surface area contributed by atoms with Crippen LogP contribution in [0.2, 0.25) is 0 Å². The molecule has 1 aliphatic carbocycles. The Morgan fingerprint density at radius 1 is 1.21 bits per heavy atom. The maximum atomic E-state index is 12.4. The first kappa shape index (κ1) is 15.2. The Balaban J connectivity index is 2.11. The molecule has 112 valence electrons. The van der Waals surface area contributed by atoms with Crippen molar-refractivity contribution in [1.29, 1.82) is 0 Å². The Morgan fingerprint density at radius 3 is 2.63 bits per heavy atom. The van der Waals surface area contributed by atoms with E-state index in [1.807, 2.05) is 0 Å². The molecule has 2 rings (SSSR count). The van der Waals surface area contributed by atoms with Gasteiger partial charge in [-0.15, -0.1) is 0 Å². The van der Waals surface area contributed by atoms with Crippen LogP contribution in [-0.4, -0.2) is 56.0 Å². The van der Waals surface area contributed by atoms with E-state index >= 15 is 0 Å². The number of ether oxygens (including phenoxy) is 1. The van der Waals surface area contributed by atoms with E-state index < -0.39 is 10.0 Å². The molecule has 6 heteroatoms. The second kappa shape index (κ2) is 6.52. The summed E-state index contributed by atoms with van der Waals surface area (Å²) in [5, 5.41) is 10.1. The van der Waals surface area contributed by atoms with Gasteiger partial charge in [0.2, 0.25) is 10.0 Å². The fraction of sp³-hybridized carbons (Fsp3) is 1.00. The highest BCUT2D eigenvalue weighted by molar-refractivity contribution is 7.89. The van der Waals surface area contributed by atoms with Gasteiger partial charge in [0, 0.05) is 25.6 Å². The van der Waals surface area contributed by atoms with Gasteiger partial charge in [-0.3, -0.25) is 0 Å². The molecule has 0 bridgehead atoms. The van der Waals surface area contributed by atoms with Gasteiger partial charge < -0.3 is 9.84 Å². The van der Waals surface area contributed by atoms with Crippen LogP contribution >= 0.6 is 0 Å². The van der Waals surface area contributed by atoms with E-state index in [1.54, 1.807) is 4.31 Å². The Labute approximate surface area is 116 Å². The average Bonchev–Trinajstić information content (AvgIpc) is 2.83. The zero-order chi connectivity index (χ0) is 13.9. The molecular weight excluding hydrogens is 266 g/mol. The van der Waals surface area contributed by atoms with Crippen LogP contribution in [0, 0.1) is 5.92 Å². The fourth-order valence-corrected chi connectivity index (χ4v) is 5.12. The Bertz CT molecular complexity index is 384. The van der Waals surface area contributed by atoms with Crippen LogP contribution in [0.1, 0.15) is 38.5 Å². The molecule has 1 saturated carbocycles. The molecule has 0 radical (unpaired) electrons. The van der Waals surface area contributed by atoms with Gasteiger partial charge in [0.05, 0.1) is 18.5 Å². The van der Waals surface area contributed by atoms with Crippen molar-refractivity contribution in [3.63, 3.8) is 0 Å². The summed E-state index contributed by atoms with van der Waals surface area (Å²) in [6, 6.07) is -0.00638. The number of piperidine rings is 1. The number of hydrogen-bond acceptors (Lipinski definition) is 4. The lowest BCUT2D eigenvalue weighted by Crippen LogP contribution is -2.50. The summed E-state index contributed by atoms with van der Waals surface area (Å²) in [4.78, 5) is 0. The van der Waals surface area contributed by atoms with Crippen molar-refractivity contribution in [3.05, 3.63) is 0 Å². The molecule has 1 N–H and O–H groups in total. The van der Waals surface area contributed by atoms with Gasteiger partial charge in [-0.05, 0) is 25.7 Å². The second-order valence-electron chi connectivity index (χ2n) is 5.64. The summed E-state index contributed by atoms with van der Waals surface area (Å²) in [7, 11) is -1.74. The van der Waals surface area contributed by atoms with Gasteiger partial charge in [-0.25, -0.2) is 8.42 Å². The molecule has 1 aliphatic heterocycles. The number of rotatable bonds is 5. The Kier molecular flexibility index (Phi) is 5.22. The monoisotopic (exact) mass is 291 g/mol. The Hall–Kier alpha value is -0.170. The molecule has 0 spiro atoms. The third-order valence-corrected chi connectivity index (χ3v) is 6.28. The molecule has 0 aromatic rings. The molecule has 2 aliphatic rings. The van der Waals surface area contributed by atoms with Crippen LogP contribution in [0.3, 0.4) is 0 Å². The third kappa shape index (κ3) is 3.48. The van der Waals surface area contributed by atoms with Crippen LogP contribution in [0.4, 0.5) is 0 Å². The average molecular weight is 291 g/mol. The molecule has 1 heterocycles. The largest absolute Gasteiger partial charge is 0.393 e. The van der Waals surface area contributed by atoms with Crippen molar-refractivity contribution < 1.29 is 18.3 Å². The van der Waals surface area contributed by atoms with Crippen LogP contribution in [0.5, 0.6) is 0 Å². The number of aliphatic hydroxyl groups excluding tert-OH is 1. The number of nitrogens with zero attached hydrogens (tertiary/aromatic N) is 1. The topological polar surface area (TPSA) is 66.8 Å². The van der Waals surface area contributed by atoms with Crippen molar-refractivity contribution in [3.8, 4) is 0 Å². The predicted molar refractivity (Wildman–Crippen MR) is 73.4 cm³/mol. The molecule has 19 heavy (non-hydrogen) atoms. The van der Waals surface area contributed by atoms with E-state index in [2.05, 4.69) is 0 Å². The number of methoxy groups -OCH3 is 1. The molecule has 5 nitrogen and oxygen atoms in total. The molecule has 2 fully saturated rings. The van der Waals surface area contributed by atoms with Crippen LogP contribution in [0.25, 0.3) is 0 Å². The fourth-order valence-electron chi connectivity index (χ4n) is 3.43. The highest BCUT2D eigenvalue weighted by Gasteiger charge is 2.41. The number of aliphatic hydroxyl groups is 1. The molecule has 0 aromatic carbocycles. The van der Waals surface area contributed by atoms with E-state index in [0.29, 0.717) is 6.54 Å². The highest BCUT2D eigenvalue weighted by atomic mass is 32.2. The van der Waals surface area contributed by atoms with Crippen molar-refractivity contribution in [1.82, 2.24) is 4.31 Å². The van der Waals surface area contributed by atoms with Crippen molar-refractivity contribution in [2.45, 2.75) is 50.7 Å². The van der Waals surface area contributed by atoms with Gasteiger partial charge in [0.25, 0.3) is 0 Å². The van der Waals surface area contributed by atoms with E-state index in [0.717, 1.165) is 38.5 Å². The molecule has 0 amide bonds. The minimum atomic E-state index is -3.26. The van der Waals surface area contributed by atoms with Gasteiger partial charge in [-0.1, -0.05) is 12.8 Å². The van der Waals surface area contributed by atoms with E-state index in [4.69, 9.17) is 4.74 Å². The first-order valence-electron chi connectivity index (χ1n) is 7.23. The number of hydrogen-bond donors (Lipinski definition) is 1. The minimum Gasteiger partial charge on any atom is -0.393 e. The molecule has 1 saturated heterocycles. The zero-order valence-corrected chi connectivity index (χ0v) is 12.4.